The number of ether oxygens (including phenoxy) is 1. The van der Waals surface area contributed by atoms with Crippen LogP contribution < -0.4 is 0 Å². The van der Waals surface area contributed by atoms with Crippen LogP contribution in [-0.4, -0.2) is 44.9 Å². The minimum atomic E-state index is -0.679. The van der Waals surface area contributed by atoms with Gasteiger partial charge in [-0.1, -0.05) is 41.9 Å². The normalized spacial score (nSPS) is 13.1. The number of amides is 1. The third-order valence-corrected chi connectivity index (χ3v) is 5.06. The number of carbonyl (C=O) groups excluding carboxylic acids is 2. The summed E-state index contributed by atoms with van der Waals surface area (Å²) in [7, 11) is 0. The Morgan fingerprint density at radius 2 is 1.90 bits per heavy atom. The van der Waals surface area contributed by atoms with Gasteiger partial charge >= 0.3 is 5.97 Å². The molecular formula is C21H19ClN4O3. The molecule has 7 nitrogen and oxygen atoms in total. The van der Waals surface area contributed by atoms with E-state index in [0.717, 1.165) is 12.0 Å². The summed E-state index contributed by atoms with van der Waals surface area (Å²) in [5.41, 5.74) is 3.49. The first-order chi connectivity index (χ1) is 14.0. The lowest BCUT2D eigenvalue weighted by Gasteiger charge is -2.28. The van der Waals surface area contributed by atoms with E-state index in [4.69, 9.17) is 16.3 Å². The van der Waals surface area contributed by atoms with Crippen LogP contribution in [0.15, 0.2) is 48.5 Å². The van der Waals surface area contributed by atoms with Gasteiger partial charge in [-0.05, 0) is 42.7 Å². The molecule has 0 atom stereocenters. The number of nitrogens with zero attached hydrogens (tertiary/aromatic N) is 4. The number of rotatable bonds is 4. The number of hydrogen-bond acceptors (Lipinski definition) is 5. The number of esters is 1. The van der Waals surface area contributed by atoms with Gasteiger partial charge in [-0.2, -0.15) is 9.90 Å². The van der Waals surface area contributed by atoms with Gasteiger partial charge in [-0.3, -0.25) is 4.79 Å². The lowest BCUT2D eigenvalue weighted by Crippen LogP contribution is -2.38. The molecule has 0 saturated carbocycles. The molecule has 0 N–H and O–H groups in total. The molecule has 0 unspecified atom stereocenters. The van der Waals surface area contributed by atoms with E-state index in [9.17, 15) is 9.59 Å². The summed E-state index contributed by atoms with van der Waals surface area (Å²) < 4.78 is 5.21. The summed E-state index contributed by atoms with van der Waals surface area (Å²) >= 11 is 5.99. The van der Waals surface area contributed by atoms with Crippen LogP contribution in [0.2, 0.25) is 5.02 Å². The van der Waals surface area contributed by atoms with Crippen molar-refractivity contribution >= 4 is 23.5 Å². The number of aromatic nitrogens is 3. The predicted octanol–water partition coefficient (Wildman–Crippen LogP) is 2.97. The predicted molar refractivity (Wildman–Crippen MR) is 107 cm³/mol. The van der Waals surface area contributed by atoms with Crippen molar-refractivity contribution in [3.8, 4) is 5.69 Å². The zero-order chi connectivity index (χ0) is 20.4. The van der Waals surface area contributed by atoms with Crippen molar-refractivity contribution in [1.82, 2.24) is 19.9 Å². The van der Waals surface area contributed by atoms with Crippen LogP contribution in [0.1, 0.15) is 27.3 Å². The number of fused-ring (bicyclic) bond motifs is 1. The van der Waals surface area contributed by atoms with Gasteiger partial charge in [-0.25, -0.2) is 4.79 Å². The monoisotopic (exact) mass is 410 g/mol. The van der Waals surface area contributed by atoms with Crippen LogP contribution in [0.5, 0.6) is 0 Å². The molecular weight excluding hydrogens is 392 g/mol. The molecule has 4 rings (SSSR count). The summed E-state index contributed by atoms with van der Waals surface area (Å²) in [6, 6.07) is 15.0. The van der Waals surface area contributed by atoms with Gasteiger partial charge in [-0.15, -0.1) is 5.10 Å². The quantitative estimate of drug-likeness (QED) is 0.618. The van der Waals surface area contributed by atoms with E-state index >= 15 is 0 Å². The highest BCUT2D eigenvalue weighted by atomic mass is 35.5. The van der Waals surface area contributed by atoms with Crippen LogP contribution in [-0.2, 0) is 22.5 Å². The van der Waals surface area contributed by atoms with Crippen LogP contribution >= 0.6 is 11.6 Å². The molecule has 1 aliphatic rings. The van der Waals surface area contributed by atoms with E-state index in [2.05, 4.69) is 16.3 Å². The van der Waals surface area contributed by atoms with Crippen molar-refractivity contribution in [2.24, 2.45) is 0 Å². The fraction of sp³-hybridized carbons (Fsp3) is 0.238. The van der Waals surface area contributed by atoms with Gasteiger partial charge in [0, 0.05) is 18.1 Å². The summed E-state index contributed by atoms with van der Waals surface area (Å²) in [5, 5.41) is 8.96. The molecule has 3 aromatic rings. The zero-order valence-electron chi connectivity index (χ0n) is 15.8. The second-order valence-corrected chi connectivity index (χ2v) is 7.25. The molecule has 1 aromatic heterocycles. The van der Waals surface area contributed by atoms with Crippen molar-refractivity contribution in [1.29, 1.82) is 0 Å². The molecule has 1 amide bonds. The molecule has 0 fully saturated rings. The van der Waals surface area contributed by atoms with Crippen molar-refractivity contribution in [3.63, 3.8) is 0 Å². The van der Waals surface area contributed by atoms with Crippen molar-refractivity contribution < 1.29 is 14.3 Å². The first-order valence-electron chi connectivity index (χ1n) is 9.23. The summed E-state index contributed by atoms with van der Waals surface area (Å²) in [5.74, 6) is -0.908. The molecule has 29 heavy (non-hydrogen) atoms. The highest BCUT2D eigenvalue weighted by Gasteiger charge is 2.23. The largest absolute Gasteiger partial charge is 0.451 e. The van der Waals surface area contributed by atoms with E-state index < -0.39 is 5.97 Å². The summed E-state index contributed by atoms with van der Waals surface area (Å²) in [4.78, 5) is 27.9. The molecule has 0 radical (unpaired) electrons. The molecule has 0 bridgehead atoms. The minimum absolute atomic E-state index is 0.0711. The van der Waals surface area contributed by atoms with Crippen LogP contribution in [0, 0.1) is 6.92 Å². The molecule has 0 spiro atoms. The standard InChI is InChI=1S/C21H19ClN4O3/c1-14-20(24-26(23-14)18-8-4-7-17(22)11-18)21(28)29-13-19(27)25-10-9-15-5-2-3-6-16(15)12-25/h2-8,11H,9-10,12-13H2,1H3. The third kappa shape index (κ3) is 4.14. The highest BCUT2D eigenvalue weighted by molar-refractivity contribution is 6.30. The van der Waals surface area contributed by atoms with E-state index in [-0.39, 0.29) is 18.2 Å². The van der Waals surface area contributed by atoms with E-state index in [1.54, 1.807) is 36.1 Å². The van der Waals surface area contributed by atoms with E-state index in [1.807, 2.05) is 18.2 Å². The lowest BCUT2D eigenvalue weighted by atomic mass is 10.00. The summed E-state index contributed by atoms with van der Waals surface area (Å²) in [6.07, 6.45) is 0.795. The van der Waals surface area contributed by atoms with Gasteiger partial charge in [0.25, 0.3) is 5.91 Å². The SMILES string of the molecule is Cc1nn(-c2cccc(Cl)c2)nc1C(=O)OCC(=O)N1CCc2ccccc2C1. The fourth-order valence-corrected chi connectivity index (χ4v) is 3.46. The van der Waals surface area contributed by atoms with E-state index in [0.29, 0.717) is 29.5 Å². The maximum atomic E-state index is 12.5. The smallest absolute Gasteiger partial charge is 0.361 e. The summed E-state index contributed by atoms with van der Waals surface area (Å²) in [6.45, 7) is 2.46. The Kier molecular flexibility index (Phi) is 5.31. The molecule has 2 heterocycles. The number of carbonyl (C=O) groups is 2. The molecule has 148 valence electrons. The van der Waals surface area contributed by atoms with Gasteiger partial charge < -0.3 is 9.64 Å². The van der Waals surface area contributed by atoms with Crippen molar-refractivity contribution in [2.75, 3.05) is 13.2 Å². The first kappa shape index (κ1) is 19.1. The Morgan fingerprint density at radius 1 is 1.10 bits per heavy atom. The number of halogens is 1. The lowest BCUT2D eigenvalue weighted by molar-refractivity contribution is -0.135. The first-order valence-corrected chi connectivity index (χ1v) is 9.60. The topological polar surface area (TPSA) is 77.3 Å². The zero-order valence-corrected chi connectivity index (χ0v) is 16.6. The average molecular weight is 411 g/mol. The van der Waals surface area contributed by atoms with Gasteiger partial charge in [0.15, 0.2) is 12.3 Å². The molecule has 0 aliphatic carbocycles. The molecule has 2 aromatic carbocycles. The van der Waals surface area contributed by atoms with Crippen molar-refractivity contribution in [2.45, 2.75) is 19.9 Å². The van der Waals surface area contributed by atoms with Gasteiger partial charge in [0.05, 0.1) is 11.4 Å². The van der Waals surface area contributed by atoms with Crippen LogP contribution in [0.3, 0.4) is 0 Å². The Bertz CT molecular complexity index is 1080. The third-order valence-electron chi connectivity index (χ3n) is 4.82. The Morgan fingerprint density at radius 3 is 2.69 bits per heavy atom. The maximum Gasteiger partial charge on any atom is 0.361 e. The Labute approximate surface area is 172 Å². The number of benzene rings is 2. The number of aryl methyl sites for hydroxylation is 1. The van der Waals surface area contributed by atoms with Gasteiger partial charge in [0.1, 0.15) is 0 Å². The molecule has 1 aliphatic heterocycles. The average Bonchev–Trinajstić information content (AvgIpc) is 3.13. The maximum absolute atomic E-state index is 12.5. The second-order valence-electron chi connectivity index (χ2n) is 6.81. The fourth-order valence-electron chi connectivity index (χ4n) is 3.28. The number of hydrogen-bond donors (Lipinski definition) is 0. The molecule has 0 saturated heterocycles. The van der Waals surface area contributed by atoms with E-state index in [1.165, 1.54) is 10.4 Å². The highest BCUT2D eigenvalue weighted by Crippen LogP contribution is 2.19. The van der Waals surface area contributed by atoms with Gasteiger partial charge in [0.2, 0.25) is 0 Å². The second kappa shape index (κ2) is 8.05. The minimum Gasteiger partial charge on any atom is -0.451 e. The Balaban J connectivity index is 1.39. The molecule has 8 heteroatoms. The van der Waals surface area contributed by atoms with Crippen LogP contribution in [0.4, 0.5) is 0 Å². The van der Waals surface area contributed by atoms with Crippen molar-refractivity contribution in [3.05, 3.63) is 76.1 Å². The van der Waals surface area contributed by atoms with Crippen LogP contribution in [0.25, 0.3) is 5.69 Å². The Hall–Kier alpha value is -3.19.